The van der Waals surface area contributed by atoms with E-state index in [1.165, 1.54) is 11.0 Å². The summed E-state index contributed by atoms with van der Waals surface area (Å²) >= 11 is 0. The highest BCUT2D eigenvalue weighted by Crippen LogP contribution is 2.14. The van der Waals surface area contributed by atoms with Gasteiger partial charge in [0.05, 0.1) is 12.5 Å². The maximum atomic E-state index is 13.6. The summed E-state index contributed by atoms with van der Waals surface area (Å²) in [6.45, 7) is 0.479. The highest BCUT2D eigenvalue weighted by Gasteiger charge is 2.12. The van der Waals surface area contributed by atoms with E-state index in [2.05, 4.69) is 4.98 Å². The van der Waals surface area contributed by atoms with Gasteiger partial charge in [-0.3, -0.25) is 9.78 Å². The van der Waals surface area contributed by atoms with E-state index in [1.54, 1.807) is 24.5 Å². The van der Waals surface area contributed by atoms with Crippen LogP contribution in [0, 0.1) is 23.0 Å². The first kappa shape index (κ1) is 17.3. The summed E-state index contributed by atoms with van der Waals surface area (Å²) in [6, 6.07) is 9.02. The number of pyridine rings is 1. The molecule has 0 N–H and O–H groups in total. The Morgan fingerprint density at radius 1 is 1.25 bits per heavy atom. The fourth-order valence-electron chi connectivity index (χ4n) is 2.09. The average Bonchev–Trinajstić information content (AvgIpc) is 2.59. The van der Waals surface area contributed by atoms with Crippen molar-refractivity contribution >= 4 is 12.0 Å². The Hall–Kier alpha value is -3.07. The lowest BCUT2D eigenvalue weighted by Crippen LogP contribution is -2.29. The Morgan fingerprint density at radius 3 is 2.62 bits per heavy atom. The van der Waals surface area contributed by atoms with Crippen molar-refractivity contribution in [3.63, 3.8) is 0 Å². The molecule has 0 fully saturated rings. The van der Waals surface area contributed by atoms with Crippen LogP contribution in [0.15, 0.2) is 48.8 Å². The van der Waals surface area contributed by atoms with Crippen LogP contribution in [0.3, 0.4) is 0 Å². The Balaban J connectivity index is 2.15. The van der Waals surface area contributed by atoms with Crippen LogP contribution in [-0.2, 0) is 11.3 Å². The minimum atomic E-state index is -0.741. The Bertz CT molecular complexity index is 749. The maximum absolute atomic E-state index is 13.6. The molecule has 1 amide bonds. The van der Waals surface area contributed by atoms with Gasteiger partial charge in [0, 0.05) is 37.1 Å². The summed E-state index contributed by atoms with van der Waals surface area (Å²) in [5.41, 5.74) is 0.529. The summed E-state index contributed by atoms with van der Waals surface area (Å²) in [5.74, 6) is -1.92. The van der Waals surface area contributed by atoms with Crippen LogP contribution in [0.2, 0.25) is 0 Å². The van der Waals surface area contributed by atoms with Crippen LogP contribution in [0.5, 0.6) is 0 Å². The van der Waals surface area contributed by atoms with Gasteiger partial charge in [-0.05, 0) is 29.8 Å². The summed E-state index contributed by atoms with van der Waals surface area (Å²) < 4.78 is 27.2. The highest BCUT2D eigenvalue weighted by atomic mass is 19.1. The molecule has 0 aliphatic heterocycles. The van der Waals surface area contributed by atoms with Crippen molar-refractivity contribution < 1.29 is 13.6 Å². The summed E-state index contributed by atoms with van der Waals surface area (Å²) in [5, 5.41) is 8.73. The first-order chi connectivity index (χ1) is 11.6. The zero-order chi connectivity index (χ0) is 17.4. The number of amides is 1. The summed E-state index contributed by atoms with van der Waals surface area (Å²) in [6.07, 6.45) is 5.61. The molecule has 0 spiro atoms. The summed E-state index contributed by atoms with van der Waals surface area (Å²) in [7, 11) is 0. The van der Waals surface area contributed by atoms with Crippen molar-refractivity contribution in [1.82, 2.24) is 9.88 Å². The number of carbonyl (C=O) groups is 1. The van der Waals surface area contributed by atoms with Gasteiger partial charge in [-0.25, -0.2) is 8.78 Å². The molecule has 24 heavy (non-hydrogen) atoms. The van der Waals surface area contributed by atoms with Crippen molar-refractivity contribution in [3.8, 4) is 6.07 Å². The molecule has 1 heterocycles. The normalized spacial score (nSPS) is 10.5. The molecule has 0 atom stereocenters. The van der Waals surface area contributed by atoms with Crippen LogP contribution in [0.4, 0.5) is 8.78 Å². The van der Waals surface area contributed by atoms with E-state index < -0.39 is 17.5 Å². The van der Waals surface area contributed by atoms with Gasteiger partial charge in [-0.15, -0.1) is 0 Å². The molecule has 0 radical (unpaired) electrons. The van der Waals surface area contributed by atoms with Crippen molar-refractivity contribution in [2.24, 2.45) is 0 Å². The molecule has 0 saturated heterocycles. The van der Waals surface area contributed by atoms with Gasteiger partial charge in [0.25, 0.3) is 0 Å². The van der Waals surface area contributed by atoms with Gasteiger partial charge in [0.15, 0.2) is 0 Å². The molecular weight excluding hydrogens is 312 g/mol. The van der Waals surface area contributed by atoms with Crippen molar-refractivity contribution in [3.05, 3.63) is 71.6 Å². The fraction of sp³-hybridized carbons (Fsp3) is 0.167. The van der Waals surface area contributed by atoms with E-state index >= 15 is 0 Å². The third-order valence-corrected chi connectivity index (χ3v) is 3.29. The average molecular weight is 327 g/mol. The van der Waals surface area contributed by atoms with Crippen LogP contribution in [-0.4, -0.2) is 22.3 Å². The van der Waals surface area contributed by atoms with E-state index in [-0.39, 0.29) is 25.1 Å². The highest BCUT2D eigenvalue weighted by molar-refractivity contribution is 5.91. The fourth-order valence-corrected chi connectivity index (χ4v) is 2.09. The largest absolute Gasteiger partial charge is 0.334 e. The topological polar surface area (TPSA) is 57.0 Å². The maximum Gasteiger partial charge on any atom is 0.246 e. The van der Waals surface area contributed by atoms with E-state index in [0.717, 1.165) is 29.8 Å². The zero-order valence-electron chi connectivity index (χ0n) is 12.8. The molecule has 122 valence electrons. The molecule has 4 nitrogen and oxygen atoms in total. The number of halogens is 2. The summed E-state index contributed by atoms with van der Waals surface area (Å²) in [4.78, 5) is 17.7. The number of hydrogen-bond acceptors (Lipinski definition) is 3. The smallest absolute Gasteiger partial charge is 0.246 e. The molecule has 0 saturated carbocycles. The first-order valence-corrected chi connectivity index (χ1v) is 7.28. The van der Waals surface area contributed by atoms with E-state index in [4.69, 9.17) is 5.26 Å². The monoisotopic (exact) mass is 327 g/mol. The lowest BCUT2D eigenvalue weighted by molar-refractivity contribution is -0.126. The number of benzene rings is 1. The number of aromatic nitrogens is 1. The third-order valence-electron chi connectivity index (χ3n) is 3.29. The predicted molar refractivity (Wildman–Crippen MR) is 85.3 cm³/mol. The molecule has 2 rings (SSSR count). The zero-order valence-corrected chi connectivity index (χ0v) is 12.8. The van der Waals surface area contributed by atoms with Crippen molar-refractivity contribution in [1.29, 1.82) is 5.26 Å². The number of nitriles is 1. The molecule has 0 unspecified atom stereocenters. The van der Waals surface area contributed by atoms with Gasteiger partial charge >= 0.3 is 0 Å². The number of rotatable bonds is 6. The Labute approximate surface area is 138 Å². The quantitative estimate of drug-likeness (QED) is 0.765. The lowest BCUT2D eigenvalue weighted by atomic mass is 10.1. The van der Waals surface area contributed by atoms with Crippen LogP contribution in [0.1, 0.15) is 17.5 Å². The van der Waals surface area contributed by atoms with Gasteiger partial charge in [-0.2, -0.15) is 5.26 Å². The SMILES string of the molecule is N#CCCN(Cc1cccnc1)C(=O)/C=C/c1c(F)cccc1F. The van der Waals surface area contributed by atoms with Crippen LogP contribution >= 0.6 is 0 Å². The molecule has 0 bridgehead atoms. The first-order valence-electron chi connectivity index (χ1n) is 7.28. The van der Waals surface area contributed by atoms with Gasteiger partial charge < -0.3 is 4.90 Å². The number of nitrogens with zero attached hydrogens (tertiary/aromatic N) is 3. The van der Waals surface area contributed by atoms with Crippen LogP contribution in [0.25, 0.3) is 6.08 Å². The molecule has 1 aromatic carbocycles. The second-order valence-electron chi connectivity index (χ2n) is 5.00. The van der Waals surface area contributed by atoms with E-state index in [0.29, 0.717) is 0 Å². The predicted octanol–water partition coefficient (Wildman–Crippen LogP) is 3.32. The molecule has 6 heteroatoms. The molecule has 0 aliphatic carbocycles. The number of hydrogen-bond donors (Lipinski definition) is 0. The molecular formula is C18H15F2N3O. The second-order valence-corrected chi connectivity index (χ2v) is 5.00. The molecule has 1 aromatic heterocycles. The van der Waals surface area contributed by atoms with Crippen molar-refractivity contribution in [2.45, 2.75) is 13.0 Å². The van der Waals surface area contributed by atoms with E-state index in [1.807, 2.05) is 6.07 Å². The van der Waals surface area contributed by atoms with E-state index in [9.17, 15) is 13.6 Å². The molecule has 0 aliphatic rings. The van der Waals surface area contributed by atoms with Crippen LogP contribution < -0.4 is 0 Å². The standard InChI is InChI=1S/C18H15F2N3O/c19-16-5-1-6-17(20)15(16)7-8-18(24)23(11-3-9-21)13-14-4-2-10-22-12-14/h1-2,4-8,10,12H,3,11,13H2/b8-7+. The Morgan fingerprint density at radius 2 is 2.00 bits per heavy atom. The van der Waals surface area contributed by atoms with Crippen molar-refractivity contribution in [2.75, 3.05) is 6.54 Å². The van der Waals surface area contributed by atoms with Gasteiger partial charge in [0.2, 0.25) is 5.91 Å². The Kier molecular flexibility index (Phi) is 6.15. The minimum absolute atomic E-state index is 0.161. The lowest BCUT2D eigenvalue weighted by Gasteiger charge is -2.19. The third kappa shape index (κ3) is 4.71. The minimum Gasteiger partial charge on any atom is -0.334 e. The number of carbonyl (C=O) groups excluding carboxylic acids is 1. The molecule has 2 aromatic rings. The van der Waals surface area contributed by atoms with Gasteiger partial charge in [-0.1, -0.05) is 12.1 Å². The van der Waals surface area contributed by atoms with Gasteiger partial charge in [0.1, 0.15) is 11.6 Å². The second kappa shape index (κ2) is 8.53.